The summed E-state index contributed by atoms with van der Waals surface area (Å²) in [6.45, 7) is 5.99. The van der Waals surface area contributed by atoms with E-state index in [0.717, 1.165) is 33.8 Å². The van der Waals surface area contributed by atoms with Gasteiger partial charge in [0.25, 0.3) is 0 Å². The van der Waals surface area contributed by atoms with Gasteiger partial charge in [-0.05, 0) is 38.5 Å². The lowest BCUT2D eigenvalue weighted by molar-refractivity contribution is 0.406. The average molecular weight is 286 g/mol. The lowest BCUT2D eigenvalue weighted by Crippen LogP contribution is -2.30. The van der Waals surface area contributed by atoms with Crippen LogP contribution in [0.3, 0.4) is 0 Å². The monoisotopic (exact) mass is 286 g/mol. The van der Waals surface area contributed by atoms with Gasteiger partial charge in [-0.1, -0.05) is 0 Å². The van der Waals surface area contributed by atoms with Crippen LogP contribution in [-0.4, -0.2) is 17.1 Å². The van der Waals surface area contributed by atoms with Crippen molar-refractivity contribution < 1.29 is 4.74 Å². The van der Waals surface area contributed by atoms with Gasteiger partial charge in [0.2, 0.25) is 0 Å². The van der Waals surface area contributed by atoms with E-state index in [2.05, 4.69) is 15.4 Å². The average Bonchev–Trinajstić information content (AvgIpc) is 2.47. The molecule has 0 aliphatic rings. The van der Waals surface area contributed by atoms with Crippen LogP contribution in [0.5, 0.6) is 5.75 Å². The standard InChI is InChI=1S/C16H22N4O/c1-10-9-19-14(12(3)16(10)21-4)8-15(20-17)13-5-6-18-11(2)7-13/h5-7,9,15,20H,8,17H2,1-4H3. The van der Waals surface area contributed by atoms with Crippen LogP contribution in [-0.2, 0) is 6.42 Å². The van der Waals surface area contributed by atoms with Gasteiger partial charge in [-0.3, -0.25) is 21.2 Å². The summed E-state index contributed by atoms with van der Waals surface area (Å²) in [5, 5.41) is 0. The second-order valence-corrected chi connectivity index (χ2v) is 5.20. The third kappa shape index (κ3) is 3.37. The van der Waals surface area contributed by atoms with Crippen LogP contribution in [0.2, 0.25) is 0 Å². The smallest absolute Gasteiger partial charge is 0.128 e. The van der Waals surface area contributed by atoms with Crippen LogP contribution >= 0.6 is 0 Å². The molecule has 2 rings (SSSR count). The number of rotatable bonds is 5. The summed E-state index contributed by atoms with van der Waals surface area (Å²) in [6.07, 6.45) is 4.33. The van der Waals surface area contributed by atoms with E-state index in [1.54, 1.807) is 13.3 Å². The minimum atomic E-state index is -0.00897. The van der Waals surface area contributed by atoms with Crippen molar-refractivity contribution in [2.75, 3.05) is 7.11 Å². The molecular formula is C16H22N4O. The molecule has 21 heavy (non-hydrogen) atoms. The topological polar surface area (TPSA) is 73.1 Å². The number of hydrazine groups is 1. The van der Waals surface area contributed by atoms with Crippen LogP contribution in [0.4, 0.5) is 0 Å². The SMILES string of the molecule is COc1c(C)cnc(CC(NN)c2ccnc(C)c2)c1C. The molecule has 0 aliphatic heterocycles. The molecule has 0 radical (unpaired) electrons. The molecule has 1 unspecified atom stereocenters. The molecule has 3 N–H and O–H groups in total. The molecule has 0 amide bonds. The van der Waals surface area contributed by atoms with E-state index in [-0.39, 0.29) is 6.04 Å². The summed E-state index contributed by atoms with van der Waals surface area (Å²) in [7, 11) is 1.68. The highest BCUT2D eigenvalue weighted by atomic mass is 16.5. The van der Waals surface area contributed by atoms with Gasteiger partial charge in [0.05, 0.1) is 13.2 Å². The van der Waals surface area contributed by atoms with Crippen molar-refractivity contribution >= 4 is 0 Å². The number of methoxy groups -OCH3 is 1. The Balaban J connectivity index is 2.31. The third-order valence-corrected chi connectivity index (χ3v) is 3.67. The zero-order valence-corrected chi connectivity index (χ0v) is 13.0. The Hall–Kier alpha value is -1.98. The lowest BCUT2D eigenvalue weighted by Gasteiger charge is -2.19. The number of aryl methyl sites for hydroxylation is 2. The summed E-state index contributed by atoms with van der Waals surface area (Å²) in [5.41, 5.74) is 8.02. The summed E-state index contributed by atoms with van der Waals surface area (Å²) >= 11 is 0. The Morgan fingerprint density at radius 1 is 1.29 bits per heavy atom. The van der Waals surface area contributed by atoms with E-state index < -0.39 is 0 Å². The summed E-state index contributed by atoms with van der Waals surface area (Å²) in [4.78, 5) is 8.75. The predicted octanol–water partition coefficient (Wildman–Crippen LogP) is 2.16. The van der Waals surface area contributed by atoms with Gasteiger partial charge in [0.1, 0.15) is 5.75 Å². The van der Waals surface area contributed by atoms with E-state index in [0.29, 0.717) is 6.42 Å². The number of nitrogens with zero attached hydrogens (tertiary/aromatic N) is 2. The largest absolute Gasteiger partial charge is 0.496 e. The summed E-state index contributed by atoms with van der Waals surface area (Å²) < 4.78 is 5.45. The van der Waals surface area contributed by atoms with Crippen molar-refractivity contribution in [2.45, 2.75) is 33.2 Å². The highest BCUT2D eigenvalue weighted by molar-refractivity contribution is 5.41. The zero-order chi connectivity index (χ0) is 15.4. The van der Waals surface area contributed by atoms with Gasteiger partial charge in [-0.25, -0.2) is 0 Å². The van der Waals surface area contributed by atoms with Crippen molar-refractivity contribution in [3.8, 4) is 5.75 Å². The van der Waals surface area contributed by atoms with Crippen molar-refractivity contribution in [1.29, 1.82) is 0 Å². The highest BCUT2D eigenvalue weighted by Crippen LogP contribution is 2.27. The van der Waals surface area contributed by atoms with Crippen molar-refractivity contribution in [2.24, 2.45) is 5.84 Å². The van der Waals surface area contributed by atoms with Crippen LogP contribution in [0.15, 0.2) is 24.5 Å². The van der Waals surface area contributed by atoms with Crippen LogP contribution in [0, 0.1) is 20.8 Å². The number of hydrogen-bond acceptors (Lipinski definition) is 5. The molecule has 0 aliphatic carbocycles. The van der Waals surface area contributed by atoms with Gasteiger partial charge in [-0.15, -0.1) is 0 Å². The fourth-order valence-electron chi connectivity index (χ4n) is 2.53. The van der Waals surface area contributed by atoms with Crippen LogP contribution in [0.1, 0.15) is 34.1 Å². The molecule has 1 atom stereocenters. The van der Waals surface area contributed by atoms with Crippen molar-refractivity contribution in [1.82, 2.24) is 15.4 Å². The minimum absolute atomic E-state index is 0.00897. The molecule has 0 spiro atoms. The molecule has 0 fully saturated rings. The number of hydrogen-bond donors (Lipinski definition) is 2. The molecule has 2 aromatic rings. The van der Waals surface area contributed by atoms with Gasteiger partial charge >= 0.3 is 0 Å². The predicted molar refractivity (Wildman–Crippen MR) is 83.0 cm³/mol. The maximum absolute atomic E-state index is 5.72. The first kappa shape index (κ1) is 15.4. The Kier molecular flexibility index (Phi) is 4.88. The maximum atomic E-state index is 5.72. The van der Waals surface area contributed by atoms with E-state index in [1.165, 1.54) is 0 Å². The quantitative estimate of drug-likeness (QED) is 0.651. The van der Waals surface area contributed by atoms with Gasteiger partial charge in [-0.2, -0.15) is 0 Å². The molecule has 0 aromatic carbocycles. The fraction of sp³-hybridized carbons (Fsp3) is 0.375. The molecule has 0 saturated carbocycles. The molecule has 5 nitrogen and oxygen atoms in total. The maximum Gasteiger partial charge on any atom is 0.128 e. The number of nitrogens with two attached hydrogens (primary N) is 1. The number of pyridine rings is 2. The number of nitrogens with one attached hydrogen (secondary N) is 1. The first-order chi connectivity index (χ1) is 10.1. The normalized spacial score (nSPS) is 12.2. The summed E-state index contributed by atoms with van der Waals surface area (Å²) in [6, 6.07) is 3.99. The van der Waals surface area contributed by atoms with E-state index in [1.807, 2.05) is 39.1 Å². The molecule has 5 heteroatoms. The summed E-state index contributed by atoms with van der Waals surface area (Å²) in [5.74, 6) is 6.61. The second kappa shape index (κ2) is 6.65. The Bertz CT molecular complexity index is 628. The highest BCUT2D eigenvalue weighted by Gasteiger charge is 2.16. The molecule has 2 aromatic heterocycles. The second-order valence-electron chi connectivity index (χ2n) is 5.20. The van der Waals surface area contributed by atoms with Crippen molar-refractivity contribution in [3.63, 3.8) is 0 Å². The van der Waals surface area contributed by atoms with Crippen LogP contribution < -0.4 is 16.0 Å². The van der Waals surface area contributed by atoms with Crippen LogP contribution in [0.25, 0.3) is 0 Å². The fourth-order valence-corrected chi connectivity index (χ4v) is 2.53. The third-order valence-electron chi connectivity index (χ3n) is 3.67. The first-order valence-electron chi connectivity index (χ1n) is 6.94. The van der Waals surface area contributed by atoms with E-state index >= 15 is 0 Å². The Morgan fingerprint density at radius 2 is 2.05 bits per heavy atom. The molecular weight excluding hydrogens is 264 g/mol. The zero-order valence-electron chi connectivity index (χ0n) is 13.0. The Morgan fingerprint density at radius 3 is 2.67 bits per heavy atom. The van der Waals surface area contributed by atoms with Crippen molar-refractivity contribution in [3.05, 3.63) is 52.6 Å². The van der Waals surface area contributed by atoms with E-state index in [4.69, 9.17) is 10.6 Å². The molecule has 2 heterocycles. The molecule has 0 saturated heterocycles. The lowest BCUT2D eigenvalue weighted by atomic mass is 9.99. The first-order valence-corrected chi connectivity index (χ1v) is 6.94. The molecule has 112 valence electrons. The Labute approximate surface area is 125 Å². The van der Waals surface area contributed by atoms with E-state index in [9.17, 15) is 0 Å². The van der Waals surface area contributed by atoms with Gasteiger partial charge in [0.15, 0.2) is 0 Å². The molecule has 0 bridgehead atoms. The number of ether oxygens (including phenoxy) is 1. The minimum Gasteiger partial charge on any atom is -0.496 e. The van der Waals surface area contributed by atoms with Gasteiger partial charge in [0, 0.05) is 41.3 Å². The number of aromatic nitrogens is 2. The van der Waals surface area contributed by atoms with Gasteiger partial charge < -0.3 is 4.74 Å².